The van der Waals surface area contributed by atoms with Crippen molar-refractivity contribution in [2.45, 2.75) is 43.9 Å². The molecule has 2 aliphatic rings. The van der Waals surface area contributed by atoms with Gasteiger partial charge in [-0.1, -0.05) is 12.1 Å². The van der Waals surface area contributed by atoms with Crippen LogP contribution in [0.4, 0.5) is 0 Å². The van der Waals surface area contributed by atoms with E-state index >= 15 is 0 Å². The van der Waals surface area contributed by atoms with E-state index in [0.29, 0.717) is 6.61 Å². The Bertz CT molecular complexity index is 438. The Morgan fingerprint density at radius 2 is 2.10 bits per heavy atom. The minimum absolute atomic E-state index is 0.0611. The van der Waals surface area contributed by atoms with Crippen molar-refractivity contribution < 1.29 is 14.2 Å². The van der Waals surface area contributed by atoms with E-state index in [1.165, 1.54) is 0 Å². The molecule has 2 N–H and O–H groups in total. The fourth-order valence-corrected chi connectivity index (χ4v) is 2.99. The molecule has 0 radical (unpaired) electrons. The Labute approximate surface area is 120 Å². The summed E-state index contributed by atoms with van der Waals surface area (Å²) in [5.41, 5.74) is 6.88. The second-order valence-electron chi connectivity index (χ2n) is 5.92. The highest BCUT2D eigenvalue weighted by Crippen LogP contribution is 2.34. The molecule has 2 aliphatic heterocycles. The van der Waals surface area contributed by atoms with Crippen LogP contribution >= 0.6 is 0 Å². The Balaban J connectivity index is 1.62. The average molecular weight is 277 g/mol. The first kappa shape index (κ1) is 13.9. The number of nitrogens with two attached hydrogens (primary N) is 1. The van der Waals surface area contributed by atoms with E-state index in [4.69, 9.17) is 19.9 Å². The predicted molar refractivity (Wildman–Crippen MR) is 76.8 cm³/mol. The van der Waals surface area contributed by atoms with Crippen LogP contribution in [0.5, 0.6) is 5.75 Å². The van der Waals surface area contributed by atoms with Gasteiger partial charge in [-0.3, -0.25) is 0 Å². The summed E-state index contributed by atoms with van der Waals surface area (Å²) < 4.78 is 17.5. The second kappa shape index (κ2) is 5.72. The van der Waals surface area contributed by atoms with E-state index < -0.39 is 0 Å². The van der Waals surface area contributed by atoms with E-state index in [9.17, 15) is 0 Å². The molecule has 0 aliphatic carbocycles. The molecule has 1 aromatic carbocycles. The molecule has 110 valence electrons. The van der Waals surface area contributed by atoms with Crippen molar-refractivity contribution in [3.8, 4) is 5.75 Å². The second-order valence-corrected chi connectivity index (χ2v) is 5.92. The number of hydrogen-bond acceptors (Lipinski definition) is 4. The maximum absolute atomic E-state index is 6.10. The largest absolute Gasteiger partial charge is 0.490 e. The maximum Gasteiger partial charge on any atom is 0.119 e. The van der Waals surface area contributed by atoms with Crippen LogP contribution in [0.15, 0.2) is 24.3 Å². The molecule has 2 heterocycles. The van der Waals surface area contributed by atoms with Gasteiger partial charge in [0.15, 0.2) is 0 Å². The van der Waals surface area contributed by atoms with Crippen molar-refractivity contribution in [1.29, 1.82) is 0 Å². The van der Waals surface area contributed by atoms with Gasteiger partial charge in [0.05, 0.1) is 18.8 Å². The summed E-state index contributed by atoms with van der Waals surface area (Å²) in [7, 11) is 0. The fraction of sp³-hybridized carbons (Fsp3) is 0.625. The first-order chi connectivity index (χ1) is 9.67. The first-order valence-corrected chi connectivity index (χ1v) is 7.41. The van der Waals surface area contributed by atoms with E-state index in [-0.39, 0.29) is 17.7 Å². The van der Waals surface area contributed by atoms with E-state index in [1.807, 2.05) is 31.2 Å². The van der Waals surface area contributed by atoms with E-state index in [2.05, 4.69) is 0 Å². The third-order valence-corrected chi connectivity index (χ3v) is 4.22. The molecule has 0 amide bonds. The van der Waals surface area contributed by atoms with Crippen molar-refractivity contribution >= 4 is 0 Å². The topological polar surface area (TPSA) is 53.7 Å². The Kier molecular flexibility index (Phi) is 3.96. The molecule has 4 heteroatoms. The molecule has 2 saturated heterocycles. The Hall–Kier alpha value is -1.10. The van der Waals surface area contributed by atoms with Gasteiger partial charge in [0.1, 0.15) is 11.9 Å². The molecular weight excluding hydrogens is 254 g/mol. The highest BCUT2D eigenvalue weighted by atomic mass is 16.6. The van der Waals surface area contributed by atoms with Crippen LogP contribution in [0.1, 0.15) is 37.8 Å². The van der Waals surface area contributed by atoms with Crippen molar-refractivity contribution in [3.05, 3.63) is 29.8 Å². The molecule has 3 atom stereocenters. The lowest BCUT2D eigenvalue weighted by molar-refractivity contribution is -0.112. The van der Waals surface area contributed by atoms with Crippen LogP contribution in [-0.4, -0.2) is 31.5 Å². The van der Waals surface area contributed by atoms with E-state index in [1.54, 1.807) is 0 Å². The van der Waals surface area contributed by atoms with Crippen LogP contribution in [-0.2, 0) is 9.47 Å². The van der Waals surface area contributed by atoms with E-state index in [0.717, 1.165) is 43.8 Å². The highest BCUT2D eigenvalue weighted by Gasteiger charge is 2.41. The lowest BCUT2D eigenvalue weighted by Gasteiger charge is -2.37. The monoisotopic (exact) mass is 277 g/mol. The summed E-state index contributed by atoms with van der Waals surface area (Å²) in [5, 5.41) is 0. The standard InChI is InChI=1S/C16H23NO3/c1-12(17)13-2-4-14(5-3-13)20-15-6-8-19-16(10-15)7-9-18-11-16/h2-5,12,15H,6-11,17H2,1H3. The van der Waals surface area contributed by atoms with Gasteiger partial charge in [-0.25, -0.2) is 0 Å². The van der Waals surface area contributed by atoms with Crippen LogP contribution < -0.4 is 10.5 Å². The zero-order valence-corrected chi connectivity index (χ0v) is 12.0. The predicted octanol–water partition coefficient (Wildman–Crippen LogP) is 2.42. The summed E-state index contributed by atoms with van der Waals surface area (Å²) in [6.07, 6.45) is 3.06. The Morgan fingerprint density at radius 1 is 1.30 bits per heavy atom. The van der Waals surface area contributed by atoms with Gasteiger partial charge in [0, 0.05) is 31.9 Å². The molecular formula is C16H23NO3. The molecule has 3 rings (SSSR count). The molecule has 0 bridgehead atoms. The molecule has 2 fully saturated rings. The fourth-order valence-electron chi connectivity index (χ4n) is 2.99. The maximum atomic E-state index is 6.10. The van der Waals surface area contributed by atoms with Crippen LogP contribution in [0.3, 0.4) is 0 Å². The number of hydrogen-bond donors (Lipinski definition) is 1. The molecule has 1 spiro atoms. The smallest absolute Gasteiger partial charge is 0.119 e. The Morgan fingerprint density at radius 3 is 2.75 bits per heavy atom. The summed E-state index contributed by atoms with van der Waals surface area (Å²) in [5.74, 6) is 0.912. The quantitative estimate of drug-likeness (QED) is 0.922. The third kappa shape index (κ3) is 2.97. The van der Waals surface area contributed by atoms with Gasteiger partial charge in [0.2, 0.25) is 0 Å². The van der Waals surface area contributed by atoms with Gasteiger partial charge in [-0.15, -0.1) is 0 Å². The van der Waals surface area contributed by atoms with Crippen molar-refractivity contribution in [1.82, 2.24) is 0 Å². The lowest BCUT2D eigenvalue weighted by Crippen LogP contribution is -2.44. The van der Waals surface area contributed by atoms with Crippen molar-refractivity contribution in [2.75, 3.05) is 19.8 Å². The molecule has 0 saturated carbocycles. The highest BCUT2D eigenvalue weighted by molar-refractivity contribution is 5.29. The summed E-state index contributed by atoms with van der Waals surface area (Å²) in [6.45, 7) is 4.25. The number of ether oxygens (including phenoxy) is 3. The van der Waals surface area contributed by atoms with Gasteiger partial charge >= 0.3 is 0 Å². The molecule has 0 aromatic heterocycles. The third-order valence-electron chi connectivity index (χ3n) is 4.22. The molecule has 4 nitrogen and oxygen atoms in total. The zero-order chi connectivity index (χ0) is 14.0. The number of rotatable bonds is 3. The SMILES string of the molecule is CC(N)c1ccc(OC2CCOC3(CCOC3)C2)cc1. The van der Waals surface area contributed by atoms with Gasteiger partial charge in [-0.05, 0) is 24.6 Å². The first-order valence-electron chi connectivity index (χ1n) is 7.41. The van der Waals surface area contributed by atoms with Crippen LogP contribution in [0.2, 0.25) is 0 Å². The molecule has 20 heavy (non-hydrogen) atoms. The van der Waals surface area contributed by atoms with Crippen molar-refractivity contribution in [2.24, 2.45) is 5.73 Å². The minimum atomic E-state index is -0.103. The molecule has 3 unspecified atom stereocenters. The van der Waals surface area contributed by atoms with Crippen LogP contribution in [0, 0.1) is 0 Å². The summed E-state index contributed by atoms with van der Waals surface area (Å²) in [6, 6.07) is 8.14. The lowest BCUT2D eigenvalue weighted by atomic mass is 9.91. The summed E-state index contributed by atoms with van der Waals surface area (Å²) in [4.78, 5) is 0. The number of benzene rings is 1. The normalized spacial score (nSPS) is 31.4. The summed E-state index contributed by atoms with van der Waals surface area (Å²) >= 11 is 0. The molecule has 1 aromatic rings. The van der Waals surface area contributed by atoms with Gasteiger partial charge in [-0.2, -0.15) is 0 Å². The van der Waals surface area contributed by atoms with Gasteiger partial charge < -0.3 is 19.9 Å². The zero-order valence-electron chi connectivity index (χ0n) is 12.0. The van der Waals surface area contributed by atoms with Gasteiger partial charge in [0.25, 0.3) is 0 Å². The van der Waals surface area contributed by atoms with Crippen LogP contribution in [0.25, 0.3) is 0 Å². The average Bonchev–Trinajstić information content (AvgIpc) is 2.87. The minimum Gasteiger partial charge on any atom is -0.490 e. The van der Waals surface area contributed by atoms with Crippen molar-refractivity contribution in [3.63, 3.8) is 0 Å².